The maximum absolute atomic E-state index is 11.7. The molecule has 74 valence electrons. The molecule has 0 N–H and O–H groups in total. The van der Waals surface area contributed by atoms with Crippen molar-refractivity contribution in [2.45, 2.75) is 52.1 Å². The van der Waals surface area contributed by atoms with Gasteiger partial charge in [-0.3, -0.25) is 4.79 Å². The van der Waals surface area contributed by atoms with Gasteiger partial charge in [0.1, 0.15) is 0 Å². The van der Waals surface area contributed by atoms with Crippen molar-refractivity contribution >= 4 is 5.91 Å². The van der Waals surface area contributed by atoms with Crippen LogP contribution in [-0.2, 0) is 4.79 Å². The summed E-state index contributed by atoms with van der Waals surface area (Å²) in [5.74, 6) is 0.180. The molecule has 1 aliphatic heterocycles. The van der Waals surface area contributed by atoms with E-state index < -0.39 is 0 Å². The van der Waals surface area contributed by atoms with Crippen molar-refractivity contribution in [1.29, 1.82) is 0 Å². The molecular formula is C11H19NO. The SMILES string of the molecule is C/C=C/C(=O)N1C(C)CCC1CC. The molecule has 0 spiro atoms. The van der Waals surface area contributed by atoms with Crippen molar-refractivity contribution in [3.8, 4) is 0 Å². The molecule has 0 aromatic carbocycles. The second kappa shape index (κ2) is 4.45. The Bertz CT molecular complexity index is 210. The molecule has 0 radical (unpaired) electrons. The summed E-state index contributed by atoms with van der Waals surface area (Å²) in [6.07, 6.45) is 6.89. The average molecular weight is 181 g/mol. The van der Waals surface area contributed by atoms with Crippen molar-refractivity contribution in [2.24, 2.45) is 0 Å². The molecule has 1 saturated heterocycles. The number of nitrogens with zero attached hydrogens (tertiary/aromatic N) is 1. The lowest BCUT2D eigenvalue weighted by Gasteiger charge is -2.26. The smallest absolute Gasteiger partial charge is 0.246 e. The van der Waals surface area contributed by atoms with Crippen molar-refractivity contribution in [1.82, 2.24) is 4.90 Å². The van der Waals surface area contributed by atoms with E-state index in [0.29, 0.717) is 12.1 Å². The molecule has 1 amide bonds. The third kappa shape index (κ3) is 2.11. The van der Waals surface area contributed by atoms with Gasteiger partial charge < -0.3 is 4.90 Å². The van der Waals surface area contributed by atoms with E-state index in [-0.39, 0.29) is 5.91 Å². The Morgan fingerprint density at radius 1 is 1.54 bits per heavy atom. The van der Waals surface area contributed by atoms with Crippen LogP contribution in [0.25, 0.3) is 0 Å². The van der Waals surface area contributed by atoms with Crippen LogP contribution in [-0.4, -0.2) is 22.9 Å². The summed E-state index contributed by atoms with van der Waals surface area (Å²) < 4.78 is 0. The molecule has 2 nitrogen and oxygen atoms in total. The van der Waals surface area contributed by atoms with E-state index in [4.69, 9.17) is 0 Å². The number of carbonyl (C=O) groups is 1. The fourth-order valence-electron chi connectivity index (χ4n) is 2.10. The topological polar surface area (TPSA) is 20.3 Å². The summed E-state index contributed by atoms with van der Waals surface area (Å²) in [6, 6.07) is 0.896. The molecule has 1 rings (SSSR count). The number of allylic oxidation sites excluding steroid dienone is 1. The lowest BCUT2D eigenvalue weighted by Crippen LogP contribution is -2.38. The van der Waals surface area contributed by atoms with Crippen LogP contribution in [0, 0.1) is 0 Å². The Labute approximate surface area is 80.6 Å². The zero-order valence-electron chi connectivity index (χ0n) is 8.79. The summed E-state index contributed by atoms with van der Waals surface area (Å²) >= 11 is 0. The predicted octanol–water partition coefficient (Wildman–Crippen LogP) is 2.35. The van der Waals surface area contributed by atoms with Gasteiger partial charge in [0.2, 0.25) is 5.91 Å². The molecule has 1 aliphatic rings. The molecule has 0 saturated carbocycles. The minimum atomic E-state index is 0.180. The standard InChI is InChI=1S/C11H19NO/c1-4-6-11(13)12-9(3)7-8-10(12)5-2/h4,6,9-10H,5,7-8H2,1-3H3/b6-4+. The maximum atomic E-state index is 11.7. The molecule has 2 unspecified atom stereocenters. The second-order valence-electron chi connectivity index (χ2n) is 3.73. The number of carbonyl (C=O) groups excluding carboxylic acids is 1. The molecule has 2 atom stereocenters. The first-order valence-corrected chi connectivity index (χ1v) is 5.15. The minimum absolute atomic E-state index is 0.180. The van der Waals surface area contributed by atoms with Gasteiger partial charge in [0.25, 0.3) is 0 Å². The number of hydrogen-bond donors (Lipinski definition) is 0. The Balaban J connectivity index is 2.68. The highest BCUT2D eigenvalue weighted by Gasteiger charge is 2.31. The largest absolute Gasteiger partial charge is 0.333 e. The third-order valence-corrected chi connectivity index (χ3v) is 2.82. The first-order chi connectivity index (χ1) is 6.20. The molecule has 2 heteroatoms. The van der Waals surface area contributed by atoms with Gasteiger partial charge >= 0.3 is 0 Å². The first kappa shape index (κ1) is 10.3. The normalized spacial score (nSPS) is 28.7. The quantitative estimate of drug-likeness (QED) is 0.599. The molecule has 0 aliphatic carbocycles. The molecule has 1 heterocycles. The van der Waals surface area contributed by atoms with Gasteiger partial charge in [-0.1, -0.05) is 13.0 Å². The van der Waals surface area contributed by atoms with Crippen LogP contribution in [0.2, 0.25) is 0 Å². The van der Waals surface area contributed by atoms with E-state index in [1.807, 2.05) is 17.9 Å². The molecule has 13 heavy (non-hydrogen) atoms. The zero-order chi connectivity index (χ0) is 9.84. The van der Waals surface area contributed by atoms with Crippen LogP contribution in [0.4, 0.5) is 0 Å². The Hall–Kier alpha value is -0.790. The molecule has 0 aromatic heterocycles. The lowest BCUT2D eigenvalue weighted by molar-refractivity contribution is -0.128. The monoisotopic (exact) mass is 181 g/mol. The Kier molecular flexibility index (Phi) is 3.52. The van der Waals surface area contributed by atoms with Crippen LogP contribution < -0.4 is 0 Å². The molecule has 0 bridgehead atoms. The van der Waals surface area contributed by atoms with E-state index in [9.17, 15) is 4.79 Å². The number of rotatable bonds is 2. The molecular weight excluding hydrogens is 162 g/mol. The van der Waals surface area contributed by atoms with Crippen molar-refractivity contribution in [3.63, 3.8) is 0 Å². The van der Waals surface area contributed by atoms with E-state index in [2.05, 4.69) is 13.8 Å². The maximum Gasteiger partial charge on any atom is 0.246 e. The van der Waals surface area contributed by atoms with Crippen molar-refractivity contribution in [3.05, 3.63) is 12.2 Å². The summed E-state index contributed by atoms with van der Waals surface area (Å²) in [6.45, 7) is 6.18. The third-order valence-electron chi connectivity index (χ3n) is 2.82. The molecule has 1 fully saturated rings. The second-order valence-corrected chi connectivity index (χ2v) is 3.73. The Morgan fingerprint density at radius 2 is 2.23 bits per heavy atom. The molecule has 0 aromatic rings. The van der Waals surface area contributed by atoms with Gasteiger partial charge in [0.05, 0.1) is 0 Å². The highest BCUT2D eigenvalue weighted by molar-refractivity contribution is 5.88. The van der Waals surface area contributed by atoms with Gasteiger partial charge in [0, 0.05) is 12.1 Å². The van der Waals surface area contributed by atoms with Crippen LogP contribution in [0.15, 0.2) is 12.2 Å². The zero-order valence-corrected chi connectivity index (χ0v) is 8.79. The van der Waals surface area contributed by atoms with Crippen LogP contribution in [0.5, 0.6) is 0 Å². The summed E-state index contributed by atoms with van der Waals surface area (Å²) in [4.78, 5) is 13.7. The number of likely N-dealkylation sites (tertiary alicyclic amines) is 1. The van der Waals surface area contributed by atoms with Gasteiger partial charge in [-0.05, 0) is 39.2 Å². The van der Waals surface area contributed by atoms with Crippen LogP contribution in [0.3, 0.4) is 0 Å². The van der Waals surface area contributed by atoms with E-state index in [1.54, 1.807) is 6.08 Å². The first-order valence-electron chi connectivity index (χ1n) is 5.15. The number of amides is 1. The van der Waals surface area contributed by atoms with Crippen LogP contribution in [0.1, 0.15) is 40.0 Å². The van der Waals surface area contributed by atoms with E-state index >= 15 is 0 Å². The fourth-order valence-corrected chi connectivity index (χ4v) is 2.10. The highest BCUT2D eigenvalue weighted by Crippen LogP contribution is 2.25. The Morgan fingerprint density at radius 3 is 2.77 bits per heavy atom. The van der Waals surface area contributed by atoms with Gasteiger partial charge in [-0.15, -0.1) is 0 Å². The van der Waals surface area contributed by atoms with Gasteiger partial charge in [0.15, 0.2) is 0 Å². The predicted molar refractivity (Wildman–Crippen MR) is 54.4 cm³/mol. The van der Waals surface area contributed by atoms with Gasteiger partial charge in [-0.25, -0.2) is 0 Å². The lowest BCUT2D eigenvalue weighted by atomic mass is 10.1. The summed E-state index contributed by atoms with van der Waals surface area (Å²) in [5, 5.41) is 0. The van der Waals surface area contributed by atoms with Crippen molar-refractivity contribution in [2.75, 3.05) is 0 Å². The summed E-state index contributed by atoms with van der Waals surface area (Å²) in [7, 11) is 0. The van der Waals surface area contributed by atoms with Crippen molar-refractivity contribution < 1.29 is 4.79 Å². The van der Waals surface area contributed by atoms with E-state index in [0.717, 1.165) is 12.8 Å². The van der Waals surface area contributed by atoms with Crippen LogP contribution >= 0.6 is 0 Å². The average Bonchev–Trinajstić information content (AvgIpc) is 2.47. The highest BCUT2D eigenvalue weighted by atomic mass is 16.2. The fraction of sp³-hybridized carbons (Fsp3) is 0.727. The number of hydrogen-bond acceptors (Lipinski definition) is 1. The van der Waals surface area contributed by atoms with Gasteiger partial charge in [-0.2, -0.15) is 0 Å². The summed E-state index contributed by atoms with van der Waals surface area (Å²) in [5.41, 5.74) is 0. The minimum Gasteiger partial charge on any atom is -0.333 e. The van der Waals surface area contributed by atoms with E-state index in [1.165, 1.54) is 6.42 Å².